The lowest BCUT2D eigenvalue weighted by Crippen LogP contribution is -2.50. The average Bonchev–Trinajstić information content (AvgIpc) is 2.85. The summed E-state index contributed by atoms with van der Waals surface area (Å²) in [6, 6.07) is 8.96. The van der Waals surface area contributed by atoms with Gasteiger partial charge in [0.05, 0.1) is 6.61 Å². The van der Waals surface area contributed by atoms with Crippen LogP contribution in [0.1, 0.15) is 18.4 Å². The molecule has 1 N–H and O–H groups in total. The van der Waals surface area contributed by atoms with Gasteiger partial charge < -0.3 is 10.0 Å². The minimum absolute atomic E-state index is 0.140. The first-order valence-corrected chi connectivity index (χ1v) is 6.56. The second-order valence-corrected chi connectivity index (χ2v) is 5.06. The number of piperazine rings is 1. The largest absolute Gasteiger partial charge is 0.392 e. The molecule has 0 radical (unpaired) electrons. The van der Waals surface area contributed by atoms with Crippen molar-refractivity contribution in [3.8, 4) is 0 Å². The van der Waals surface area contributed by atoms with Crippen molar-refractivity contribution in [3.63, 3.8) is 0 Å². The molecule has 0 bridgehead atoms. The van der Waals surface area contributed by atoms with E-state index in [0.29, 0.717) is 0 Å². The topological polar surface area (TPSA) is 26.7 Å². The Balaban J connectivity index is 1.80. The second-order valence-electron chi connectivity index (χ2n) is 5.06. The number of benzene rings is 1. The van der Waals surface area contributed by atoms with E-state index < -0.39 is 0 Å². The highest BCUT2D eigenvalue weighted by Gasteiger charge is 2.30. The van der Waals surface area contributed by atoms with Crippen molar-refractivity contribution in [2.24, 2.45) is 0 Å². The van der Waals surface area contributed by atoms with E-state index in [1.165, 1.54) is 31.6 Å². The molecule has 92 valence electrons. The number of para-hydroxylation sites is 1. The predicted molar refractivity (Wildman–Crippen MR) is 69.2 cm³/mol. The number of aliphatic hydroxyl groups is 1. The first-order chi connectivity index (χ1) is 8.38. The van der Waals surface area contributed by atoms with Gasteiger partial charge in [0.15, 0.2) is 0 Å². The Morgan fingerprint density at radius 3 is 2.94 bits per heavy atom. The average molecular weight is 232 g/mol. The van der Waals surface area contributed by atoms with Gasteiger partial charge in [0.1, 0.15) is 0 Å². The van der Waals surface area contributed by atoms with Gasteiger partial charge >= 0.3 is 0 Å². The quantitative estimate of drug-likeness (QED) is 0.836. The standard InChI is InChI=1S/C14H20N2O/c17-11-12-4-1-2-6-14(12)16-9-8-15-7-3-5-13(15)10-16/h1-2,4,6,13,17H,3,5,7-11H2. The van der Waals surface area contributed by atoms with Gasteiger partial charge in [-0.1, -0.05) is 18.2 Å². The van der Waals surface area contributed by atoms with Crippen LogP contribution in [0.3, 0.4) is 0 Å². The highest BCUT2D eigenvalue weighted by Crippen LogP contribution is 2.27. The molecule has 3 nitrogen and oxygen atoms in total. The molecule has 1 aromatic rings. The van der Waals surface area contributed by atoms with Gasteiger partial charge in [0, 0.05) is 36.9 Å². The fraction of sp³-hybridized carbons (Fsp3) is 0.571. The molecule has 3 heteroatoms. The van der Waals surface area contributed by atoms with E-state index in [4.69, 9.17) is 0 Å². The monoisotopic (exact) mass is 232 g/mol. The van der Waals surface area contributed by atoms with Gasteiger partial charge in [-0.3, -0.25) is 4.90 Å². The van der Waals surface area contributed by atoms with E-state index in [2.05, 4.69) is 21.9 Å². The number of aliphatic hydroxyl groups excluding tert-OH is 1. The summed E-state index contributed by atoms with van der Waals surface area (Å²) in [5.74, 6) is 0. The lowest BCUT2D eigenvalue weighted by molar-refractivity contribution is 0.230. The molecule has 3 rings (SSSR count). The van der Waals surface area contributed by atoms with Crippen LogP contribution >= 0.6 is 0 Å². The van der Waals surface area contributed by atoms with Crippen LogP contribution in [0.15, 0.2) is 24.3 Å². The third kappa shape index (κ3) is 2.05. The highest BCUT2D eigenvalue weighted by atomic mass is 16.3. The van der Waals surface area contributed by atoms with Crippen LogP contribution in [0.2, 0.25) is 0 Å². The lowest BCUT2D eigenvalue weighted by atomic mass is 10.1. The Labute approximate surface area is 103 Å². The number of anilines is 1. The number of nitrogens with zero attached hydrogens (tertiary/aromatic N) is 2. The van der Waals surface area contributed by atoms with Crippen LogP contribution < -0.4 is 4.90 Å². The van der Waals surface area contributed by atoms with E-state index in [0.717, 1.165) is 24.7 Å². The zero-order chi connectivity index (χ0) is 11.7. The number of rotatable bonds is 2. The molecule has 0 aliphatic carbocycles. The van der Waals surface area contributed by atoms with Crippen LogP contribution in [0.25, 0.3) is 0 Å². The number of hydrogen-bond donors (Lipinski definition) is 1. The molecule has 1 atom stereocenters. The van der Waals surface area contributed by atoms with Crippen LogP contribution in [0.5, 0.6) is 0 Å². The van der Waals surface area contributed by atoms with Crippen LogP contribution in [-0.4, -0.2) is 42.2 Å². The fourth-order valence-electron chi connectivity index (χ4n) is 3.16. The number of fused-ring (bicyclic) bond motifs is 1. The fourth-order valence-corrected chi connectivity index (χ4v) is 3.16. The minimum atomic E-state index is 0.140. The molecular weight excluding hydrogens is 212 g/mol. The van der Waals surface area contributed by atoms with Gasteiger partial charge in [0.25, 0.3) is 0 Å². The van der Waals surface area contributed by atoms with Crippen LogP contribution in [-0.2, 0) is 6.61 Å². The normalized spacial score (nSPS) is 25.0. The molecule has 1 aromatic carbocycles. The second kappa shape index (κ2) is 4.67. The van der Waals surface area contributed by atoms with Crippen LogP contribution in [0, 0.1) is 0 Å². The molecule has 2 saturated heterocycles. The van der Waals surface area contributed by atoms with Crippen molar-refractivity contribution >= 4 is 5.69 Å². The van der Waals surface area contributed by atoms with Crippen molar-refractivity contribution in [2.45, 2.75) is 25.5 Å². The molecule has 1 unspecified atom stereocenters. The summed E-state index contributed by atoms with van der Waals surface area (Å²) in [6.07, 6.45) is 2.68. The smallest absolute Gasteiger partial charge is 0.0702 e. The van der Waals surface area contributed by atoms with Crippen molar-refractivity contribution in [2.75, 3.05) is 31.1 Å². The maximum atomic E-state index is 9.40. The van der Waals surface area contributed by atoms with Crippen molar-refractivity contribution < 1.29 is 5.11 Å². The summed E-state index contributed by atoms with van der Waals surface area (Å²) in [5.41, 5.74) is 2.28. The van der Waals surface area contributed by atoms with Crippen molar-refractivity contribution in [3.05, 3.63) is 29.8 Å². The summed E-state index contributed by atoms with van der Waals surface area (Å²) in [7, 11) is 0. The Kier molecular flexibility index (Phi) is 3.04. The van der Waals surface area contributed by atoms with Crippen molar-refractivity contribution in [1.82, 2.24) is 4.90 Å². The Morgan fingerprint density at radius 2 is 2.06 bits per heavy atom. The Morgan fingerprint density at radius 1 is 1.18 bits per heavy atom. The van der Waals surface area contributed by atoms with Crippen molar-refractivity contribution in [1.29, 1.82) is 0 Å². The SMILES string of the molecule is OCc1ccccc1N1CCN2CCCC2C1. The predicted octanol–water partition coefficient (Wildman–Crippen LogP) is 1.46. The Bertz CT molecular complexity index is 394. The van der Waals surface area contributed by atoms with Gasteiger partial charge in [0.2, 0.25) is 0 Å². The van der Waals surface area contributed by atoms with Gasteiger partial charge in [-0.15, -0.1) is 0 Å². The first-order valence-electron chi connectivity index (χ1n) is 6.56. The highest BCUT2D eigenvalue weighted by molar-refractivity contribution is 5.54. The molecule has 2 aliphatic rings. The number of hydrogen-bond acceptors (Lipinski definition) is 3. The molecule has 0 spiro atoms. The third-order valence-electron chi connectivity index (χ3n) is 4.09. The summed E-state index contributed by atoms with van der Waals surface area (Å²) in [5, 5.41) is 9.40. The molecule has 2 aliphatic heterocycles. The Hall–Kier alpha value is -1.06. The van der Waals surface area contributed by atoms with Gasteiger partial charge in [-0.05, 0) is 25.5 Å². The molecule has 2 heterocycles. The van der Waals surface area contributed by atoms with E-state index in [1.807, 2.05) is 12.1 Å². The van der Waals surface area contributed by atoms with E-state index in [9.17, 15) is 5.11 Å². The summed E-state index contributed by atoms with van der Waals surface area (Å²) >= 11 is 0. The maximum Gasteiger partial charge on any atom is 0.0702 e. The zero-order valence-electron chi connectivity index (χ0n) is 10.2. The summed E-state index contributed by atoms with van der Waals surface area (Å²) in [4.78, 5) is 5.05. The first kappa shape index (κ1) is 11.1. The molecular formula is C14H20N2O. The molecule has 0 saturated carbocycles. The lowest BCUT2D eigenvalue weighted by Gasteiger charge is -2.39. The molecule has 2 fully saturated rings. The van der Waals surface area contributed by atoms with E-state index in [1.54, 1.807) is 0 Å². The van der Waals surface area contributed by atoms with Gasteiger partial charge in [-0.2, -0.15) is 0 Å². The summed E-state index contributed by atoms with van der Waals surface area (Å²) < 4.78 is 0. The van der Waals surface area contributed by atoms with Crippen LogP contribution in [0.4, 0.5) is 5.69 Å². The molecule has 0 amide bonds. The van der Waals surface area contributed by atoms with E-state index >= 15 is 0 Å². The molecule has 17 heavy (non-hydrogen) atoms. The van der Waals surface area contributed by atoms with E-state index in [-0.39, 0.29) is 6.61 Å². The third-order valence-corrected chi connectivity index (χ3v) is 4.09. The minimum Gasteiger partial charge on any atom is -0.392 e. The van der Waals surface area contributed by atoms with Gasteiger partial charge in [-0.25, -0.2) is 0 Å². The zero-order valence-corrected chi connectivity index (χ0v) is 10.2. The maximum absolute atomic E-state index is 9.40. The molecule has 0 aromatic heterocycles. The summed E-state index contributed by atoms with van der Waals surface area (Å²) in [6.45, 7) is 4.80.